The molecule has 1 fully saturated rings. The smallest absolute Gasteiger partial charge is 0.305 e. The van der Waals surface area contributed by atoms with E-state index < -0.39 is 23.5 Å². The van der Waals surface area contributed by atoms with E-state index in [1.165, 1.54) is 6.07 Å². The van der Waals surface area contributed by atoms with Gasteiger partial charge in [0.2, 0.25) is 0 Å². The van der Waals surface area contributed by atoms with Crippen molar-refractivity contribution in [1.82, 2.24) is 5.32 Å². The number of rotatable bonds is 1. The summed E-state index contributed by atoms with van der Waals surface area (Å²) in [5.41, 5.74) is 0.309. The topological polar surface area (TPSA) is 12.0 Å². The van der Waals surface area contributed by atoms with E-state index >= 15 is 0 Å². The fourth-order valence-electron chi connectivity index (χ4n) is 2.49. The van der Waals surface area contributed by atoms with E-state index in [2.05, 4.69) is 5.32 Å². The first kappa shape index (κ1) is 13.3. The van der Waals surface area contributed by atoms with Gasteiger partial charge in [-0.05, 0) is 30.5 Å². The van der Waals surface area contributed by atoms with E-state index in [0.29, 0.717) is 5.56 Å². The van der Waals surface area contributed by atoms with Crippen molar-refractivity contribution in [3.63, 3.8) is 0 Å². The highest BCUT2D eigenvalue weighted by Crippen LogP contribution is 2.39. The molecule has 0 spiro atoms. The molecule has 0 aliphatic carbocycles. The molecular weight excluding hydrogens is 246 g/mol. The average Bonchev–Trinajstić information content (AvgIpc) is 2.61. The molecular formula is C13H15F4N. The molecule has 1 nitrogen and oxygen atoms in total. The Balaban J connectivity index is 2.28. The normalized spacial score (nSPS) is 28.7. The van der Waals surface area contributed by atoms with Gasteiger partial charge in [-0.3, -0.25) is 0 Å². The fraction of sp³-hybridized carbons (Fsp3) is 0.538. The predicted octanol–water partition coefficient (Wildman–Crippen LogP) is 3.32. The summed E-state index contributed by atoms with van der Waals surface area (Å²) < 4.78 is 51.7. The number of hydrogen-bond acceptors (Lipinski definition) is 1. The molecule has 1 aromatic carbocycles. The van der Waals surface area contributed by atoms with Crippen molar-refractivity contribution in [3.05, 3.63) is 35.1 Å². The molecule has 5 heteroatoms. The van der Waals surface area contributed by atoms with Gasteiger partial charge < -0.3 is 5.32 Å². The molecule has 2 atom stereocenters. The second-order valence-corrected chi connectivity index (χ2v) is 5.22. The number of benzene rings is 1. The van der Waals surface area contributed by atoms with E-state index in [-0.39, 0.29) is 13.0 Å². The van der Waals surface area contributed by atoms with Crippen LogP contribution < -0.4 is 5.32 Å². The largest absolute Gasteiger partial charge is 0.403 e. The summed E-state index contributed by atoms with van der Waals surface area (Å²) in [5.74, 6) is -0.429. The van der Waals surface area contributed by atoms with E-state index in [1.807, 2.05) is 0 Å². The second kappa shape index (κ2) is 4.23. The van der Waals surface area contributed by atoms with Gasteiger partial charge in [0.1, 0.15) is 11.9 Å². The number of alkyl halides is 3. The van der Waals surface area contributed by atoms with E-state index in [4.69, 9.17) is 0 Å². The SMILES string of the molecule is Cc1ccc(C2(C)CNC(C(F)(F)F)C2)c(F)c1. The lowest BCUT2D eigenvalue weighted by Crippen LogP contribution is -2.36. The lowest BCUT2D eigenvalue weighted by molar-refractivity contribution is -0.152. The van der Waals surface area contributed by atoms with Gasteiger partial charge in [-0.2, -0.15) is 13.2 Å². The molecule has 2 rings (SSSR count). The summed E-state index contributed by atoms with van der Waals surface area (Å²) >= 11 is 0. The summed E-state index contributed by atoms with van der Waals surface area (Å²) in [5, 5.41) is 2.44. The van der Waals surface area contributed by atoms with Crippen molar-refractivity contribution in [2.75, 3.05) is 6.54 Å². The minimum atomic E-state index is -4.28. The predicted molar refractivity (Wildman–Crippen MR) is 61.0 cm³/mol. The molecule has 1 heterocycles. The van der Waals surface area contributed by atoms with Crippen LogP contribution in [0.4, 0.5) is 17.6 Å². The third-order valence-corrected chi connectivity index (χ3v) is 3.56. The van der Waals surface area contributed by atoms with E-state index in [9.17, 15) is 17.6 Å². The molecule has 0 bridgehead atoms. The third kappa shape index (κ3) is 2.36. The van der Waals surface area contributed by atoms with Crippen molar-refractivity contribution >= 4 is 0 Å². The van der Waals surface area contributed by atoms with Gasteiger partial charge in [-0.1, -0.05) is 19.1 Å². The number of nitrogens with one attached hydrogen (secondary N) is 1. The summed E-state index contributed by atoms with van der Waals surface area (Å²) in [6, 6.07) is 3.13. The highest BCUT2D eigenvalue weighted by molar-refractivity contribution is 5.32. The van der Waals surface area contributed by atoms with Gasteiger partial charge in [0, 0.05) is 12.0 Å². The van der Waals surface area contributed by atoms with Crippen molar-refractivity contribution in [2.24, 2.45) is 0 Å². The summed E-state index contributed by atoms with van der Waals surface area (Å²) in [7, 11) is 0. The molecule has 18 heavy (non-hydrogen) atoms. The number of hydrogen-bond donors (Lipinski definition) is 1. The van der Waals surface area contributed by atoms with Gasteiger partial charge in [0.15, 0.2) is 0 Å². The zero-order chi connectivity index (χ0) is 13.6. The summed E-state index contributed by atoms with van der Waals surface area (Å²) in [6.45, 7) is 3.55. The molecule has 2 unspecified atom stereocenters. The highest BCUT2D eigenvalue weighted by atomic mass is 19.4. The zero-order valence-electron chi connectivity index (χ0n) is 10.2. The maximum atomic E-state index is 13.9. The molecule has 0 aromatic heterocycles. The zero-order valence-corrected chi connectivity index (χ0v) is 10.2. The van der Waals surface area contributed by atoms with Crippen molar-refractivity contribution < 1.29 is 17.6 Å². The van der Waals surface area contributed by atoms with Crippen LogP contribution in [0.2, 0.25) is 0 Å². The molecule has 1 aromatic rings. The Morgan fingerprint density at radius 2 is 2.00 bits per heavy atom. The van der Waals surface area contributed by atoms with Crippen LogP contribution >= 0.6 is 0 Å². The van der Waals surface area contributed by atoms with Crippen molar-refractivity contribution in [2.45, 2.75) is 37.9 Å². The third-order valence-electron chi connectivity index (χ3n) is 3.56. The van der Waals surface area contributed by atoms with Gasteiger partial charge in [-0.25, -0.2) is 4.39 Å². The van der Waals surface area contributed by atoms with Crippen LogP contribution in [0.5, 0.6) is 0 Å². The lowest BCUT2D eigenvalue weighted by atomic mass is 9.80. The number of halogens is 4. The van der Waals surface area contributed by atoms with Crippen molar-refractivity contribution in [1.29, 1.82) is 0 Å². The monoisotopic (exact) mass is 261 g/mol. The Kier molecular flexibility index (Phi) is 3.13. The maximum Gasteiger partial charge on any atom is 0.403 e. The molecule has 1 aliphatic rings. The molecule has 0 saturated carbocycles. The van der Waals surface area contributed by atoms with Crippen LogP contribution in [0.3, 0.4) is 0 Å². The van der Waals surface area contributed by atoms with Gasteiger partial charge in [0.25, 0.3) is 0 Å². The first-order chi connectivity index (χ1) is 8.22. The van der Waals surface area contributed by atoms with Crippen LogP contribution in [0.15, 0.2) is 18.2 Å². The molecule has 0 radical (unpaired) electrons. The first-order valence-electron chi connectivity index (χ1n) is 5.79. The Morgan fingerprint density at radius 1 is 1.33 bits per heavy atom. The van der Waals surface area contributed by atoms with Gasteiger partial charge in [0.05, 0.1) is 0 Å². The van der Waals surface area contributed by atoms with E-state index in [0.717, 1.165) is 5.56 Å². The fourth-order valence-corrected chi connectivity index (χ4v) is 2.49. The quantitative estimate of drug-likeness (QED) is 0.765. The molecule has 0 amide bonds. The Hall–Kier alpha value is -1.10. The minimum Gasteiger partial charge on any atom is -0.305 e. The standard InChI is InChI=1S/C13H15F4N/c1-8-3-4-9(10(14)5-8)12(2)6-11(18-7-12)13(15,16)17/h3-5,11,18H,6-7H2,1-2H3. The van der Waals surface area contributed by atoms with Crippen LogP contribution in [0, 0.1) is 12.7 Å². The van der Waals surface area contributed by atoms with Crippen molar-refractivity contribution in [3.8, 4) is 0 Å². The van der Waals surface area contributed by atoms with Crippen LogP contribution in [-0.4, -0.2) is 18.8 Å². The molecule has 1 saturated heterocycles. The van der Waals surface area contributed by atoms with E-state index in [1.54, 1.807) is 26.0 Å². The summed E-state index contributed by atoms with van der Waals surface area (Å²) in [4.78, 5) is 0. The molecule has 100 valence electrons. The summed E-state index contributed by atoms with van der Waals surface area (Å²) in [6.07, 6.45) is -4.41. The molecule has 1 aliphatic heterocycles. The van der Waals surface area contributed by atoms with Crippen LogP contribution in [0.1, 0.15) is 24.5 Å². The van der Waals surface area contributed by atoms with Gasteiger partial charge >= 0.3 is 6.18 Å². The first-order valence-corrected chi connectivity index (χ1v) is 5.79. The Morgan fingerprint density at radius 3 is 2.50 bits per heavy atom. The maximum absolute atomic E-state index is 13.9. The second-order valence-electron chi connectivity index (χ2n) is 5.22. The average molecular weight is 261 g/mol. The highest BCUT2D eigenvalue weighted by Gasteiger charge is 2.49. The molecule has 1 N–H and O–H groups in total. The minimum absolute atomic E-state index is 0.128. The lowest BCUT2D eigenvalue weighted by Gasteiger charge is -2.25. The number of aryl methyl sites for hydroxylation is 1. The van der Waals surface area contributed by atoms with Crippen LogP contribution in [-0.2, 0) is 5.41 Å². The van der Waals surface area contributed by atoms with Crippen LogP contribution in [0.25, 0.3) is 0 Å². The Labute approximate surface area is 103 Å². The Bertz CT molecular complexity index is 455. The van der Waals surface area contributed by atoms with Gasteiger partial charge in [-0.15, -0.1) is 0 Å².